The Hall–Kier alpha value is -3.67. The summed E-state index contributed by atoms with van der Waals surface area (Å²) in [5, 5.41) is 5.66. The number of rotatable bonds is 3. The molecular weight excluding hydrogens is 338 g/mol. The number of anilines is 2. The Balaban J connectivity index is 1.54. The van der Waals surface area contributed by atoms with Crippen LogP contribution in [0.3, 0.4) is 0 Å². The highest BCUT2D eigenvalue weighted by atomic mass is 16.2. The molecule has 0 atom stereocenters. The number of benzene rings is 2. The molecule has 27 heavy (non-hydrogen) atoms. The number of fused-ring (bicyclic) bond motifs is 1. The monoisotopic (exact) mass is 357 g/mol. The second-order valence-corrected chi connectivity index (χ2v) is 6.47. The second kappa shape index (κ2) is 6.92. The molecule has 2 amide bonds. The molecule has 0 spiro atoms. The summed E-state index contributed by atoms with van der Waals surface area (Å²) >= 11 is 0. The number of nitrogens with zero attached hydrogens (tertiary/aromatic N) is 3. The largest absolute Gasteiger partial charge is 0.357 e. The molecule has 2 aromatic carbocycles. The van der Waals surface area contributed by atoms with Crippen molar-refractivity contribution in [2.45, 2.75) is 6.92 Å². The molecular formula is C21H19N5O. The first kappa shape index (κ1) is 16.8. The van der Waals surface area contributed by atoms with Crippen LogP contribution in [0.25, 0.3) is 22.3 Å². The molecule has 6 nitrogen and oxygen atoms in total. The van der Waals surface area contributed by atoms with Crippen LogP contribution in [0.15, 0.2) is 67.1 Å². The summed E-state index contributed by atoms with van der Waals surface area (Å²) in [5.41, 5.74) is 5.84. The van der Waals surface area contributed by atoms with E-state index in [0.29, 0.717) is 5.69 Å². The van der Waals surface area contributed by atoms with E-state index in [0.717, 1.165) is 33.5 Å². The second-order valence-electron chi connectivity index (χ2n) is 6.47. The van der Waals surface area contributed by atoms with Crippen LogP contribution in [-0.2, 0) is 7.05 Å². The van der Waals surface area contributed by atoms with Crippen molar-refractivity contribution in [2.24, 2.45) is 7.05 Å². The highest BCUT2D eigenvalue weighted by molar-refractivity contribution is 6.00. The van der Waals surface area contributed by atoms with Crippen molar-refractivity contribution in [1.29, 1.82) is 0 Å². The van der Waals surface area contributed by atoms with Crippen LogP contribution in [-0.4, -0.2) is 20.6 Å². The van der Waals surface area contributed by atoms with Gasteiger partial charge < -0.3 is 15.2 Å². The molecule has 2 aromatic heterocycles. The molecule has 0 aliphatic carbocycles. The zero-order valence-electron chi connectivity index (χ0n) is 15.1. The molecule has 4 rings (SSSR count). The van der Waals surface area contributed by atoms with Crippen molar-refractivity contribution in [1.82, 2.24) is 14.5 Å². The first-order valence-electron chi connectivity index (χ1n) is 8.61. The molecule has 0 saturated carbocycles. The first-order valence-corrected chi connectivity index (χ1v) is 8.61. The van der Waals surface area contributed by atoms with Gasteiger partial charge in [0.25, 0.3) is 0 Å². The maximum absolute atomic E-state index is 12.2. The summed E-state index contributed by atoms with van der Waals surface area (Å²) < 4.78 is 1.97. The summed E-state index contributed by atoms with van der Waals surface area (Å²) in [5.74, 6) is 0. The lowest BCUT2D eigenvalue weighted by Crippen LogP contribution is -2.19. The zero-order valence-corrected chi connectivity index (χ0v) is 15.1. The number of carbonyl (C=O) groups is 1. The molecule has 0 aliphatic rings. The van der Waals surface area contributed by atoms with Gasteiger partial charge in [0.05, 0.1) is 22.9 Å². The third-order valence-electron chi connectivity index (χ3n) is 4.24. The van der Waals surface area contributed by atoms with Crippen molar-refractivity contribution in [3.63, 3.8) is 0 Å². The van der Waals surface area contributed by atoms with E-state index < -0.39 is 0 Å². The van der Waals surface area contributed by atoms with Crippen LogP contribution in [0.1, 0.15) is 5.56 Å². The van der Waals surface area contributed by atoms with Crippen LogP contribution >= 0.6 is 0 Å². The Morgan fingerprint density at radius 1 is 0.963 bits per heavy atom. The number of carbonyl (C=O) groups excluding carboxylic acids is 1. The highest BCUT2D eigenvalue weighted by Gasteiger charge is 2.07. The number of hydrogen-bond acceptors (Lipinski definition) is 3. The van der Waals surface area contributed by atoms with E-state index in [9.17, 15) is 4.79 Å². The fourth-order valence-corrected chi connectivity index (χ4v) is 2.81. The smallest absolute Gasteiger partial charge is 0.323 e. The van der Waals surface area contributed by atoms with Gasteiger partial charge in [-0.05, 0) is 43.3 Å². The molecule has 4 aromatic rings. The van der Waals surface area contributed by atoms with Crippen molar-refractivity contribution in [3.05, 3.63) is 72.7 Å². The van der Waals surface area contributed by atoms with Gasteiger partial charge >= 0.3 is 6.03 Å². The molecule has 6 heteroatoms. The van der Waals surface area contributed by atoms with Crippen molar-refractivity contribution in [3.8, 4) is 11.3 Å². The number of aromatic nitrogens is 3. The standard InChI is InChI=1S/C21H19N5O/c1-14-3-5-16(6-4-14)23-21(27)24-17-7-8-18-19(11-17)25-20(12-22-18)15-9-10-26(2)13-15/h3-13H,1-2H3,(H2,23,24,27). The van der Waals surface area contributed by atoms with E-state index in [1.165, 1.54) is 0 Å². The average Bonchev–Trinajstić information content (AvgIpc) is 3.09. The Kier molecular flexibility index (Phi) is 4.30. The molecule has 0 radical (unpaired) electrons. The van der Waals surface area contributed by atoms with Gasteiger partial charge in [0.1, 0.15) is 0 Å². The molecule has 0 fully saturated rings. The number of hydrogen-bond donors (Lipinski definition) is 2. The van der Waals surface area contributed by atoms with Gasteiger partial charge in [0.15, 0.2) is 0 Å². The lowest BCUT2D eigenvalue weighted by Gasteiger charge is -2.09. The molecule has 134 valence electrons. The summed E-state index contributed by atoms with van der Waals surface area (Å²) in [4.78, 5) is 21.4. The third kappa shape index (κ3) is 3.79. The van der Waals surface area contributed by atoms with E-state index in [4.69, 9.17) is 0 Å². The van der Waals surface area contributed by atoms with Crippen LogP contribution in [0.2, 0.25) is 0 Å². The average molecular weight is 357 g/mol. The van der Waals surface area contributed by atoms with Crippen LogP contribution in [0.5, 0.6) is 0 Å². The van der Waals surface area contributed by atoms with Gasteiger partial charge in [0.2, 0.25) is 0 Å². The number of aryl methyl sites for hydroxylation is 2. The predicted octanol–water partition coefficient (Wildman–Crippen LogP) is 4.59. The molecule has 0 saturated heterocycles. The number of amides is 2. The maximum Gasteiger partial charge on any atom is 0.323 e. The number of urea groups is 1. The SMILES string of the molecule is Cc1ccc(NC(=O)Nc2ccc3ncc(-c4ccn(C)c4)nc3c2)cc1. The van der Waals surface area contributed by atoms with Crippen molar-refractivity contribution >= 4 is 28.4 Å². The summed E-state index contributed by atoms with van der Waals surface area (Å²) in [6, 6.07) is 14.8. The topological polar surface area (TPSA) is 71.8 Å². The predicted molar refractivity (Wildman–Crippen MR) is 108 cm³/mol. The molecule has 0 bridgehead atoms. The third-order valence-corrected chi connectivity index (χ3v) is 4.24. The zero-order chi connectivity index (χ0) is 18.8. The minimum absolute atomic E-state index is 0.301. The first-order chi connectivity index (χ1) is 13.1. The Morgan fingerprint density at radius 2 is 1.70 bits per heavy atom. The highest BCUT2D eigenvalue weighted by Crippen LogP contribution is 2.21. The lowest BCUT2D eigenvalue weighted by molar-refractivity contribution is 0.262. The van der Waals surface area contributed by atoms with Gasteiger partial charge in [-0.2, -0.15) is 0 Å². The van der Waals surface area contributed by atoms with Gasteiger partial charge in [-0.1, -0.05) is 17.7 Å². The Bertz CT molecular complexity index is 1120. The Morgan fingerprint density at radius 3 is 2.44 bits per heavy atom. The van der Waals surface area contributed by atoms with Crippen LogP contribution in [0.4, 0.5) is 16.2 Å². The van der Waals surface area contributed by atoms with Crippen LogP contribution in [0, 0.1) is 6.92 Å². The fraction of sp³-hybridized carbons (Fsp3) is 0.0952. The number of nitrogens with one attached hydrogen (secondary N) is 2. The van der Waals surface area contributed by atoms with Crippen molar-refractivity contribution in [2.75, 3.05) is 10.6 Å². The normalized spacial score (nSPS) is 10.7. The molecule has 0 unspecified atom stereocenters. The summed E-state index contributed by atoms with van der Waals surface area (Å²) in [6.45, 7) is 2.00. The molecule has 2 N–H and O–H groups in total. The quantitative estimate of drug-likeness (QED) is 0.563. The lowest BCUT2D eigenvalue weighted by atomic mass is 10.2. The maximum atomic E-state index is 12.2. The van der Waals surface area contributed by atoms with E-state index in [1.807, 2.05) is 79.5 Å². The summed E-state index contributed by atoms with van der Waals surface area (Å²) in [6.07, 6.45) is 5.72. The minimum Gasteiger partial charge on any atom is -0.357 e. The van der Waals surface area contributed by atoms with Gasteiger partial charge in [-0.25, -0.2) is 9.78 Å². The van der Waals surface area contributed by atoms with Gasteiger partial charge in [-0.15, -0.1) is 0 Å². The Labute approximate surface area is 156 Å². The molecule has 0 aliphatic heterocycles. The molecule has 2 heterocycles. The van der Waals surface area contributed by atoms with E-state index in [1.54, 1.807) is 6.20 Å². The van der Waals surface area contributed by atoms with Gasteiger partial charge in [-0.3, -0.25) is 4.98 Å². The summed E-state index contributed by atoms with van der Waals surface area (Å²) in [7, 11) is 1.96. The van der Waals surface area contributed by atoms with E-state index in [2.05, 4.69) is 20.6 Å². The van der Waals surface area contributed by atoms with Gasteiger partial charge in [0, 0.05) is 36.4 Å². The van der Waals surface area contributed by atoms with E-state index in [-0.39, 0.29) is 6.03 Å². The van der Waals surface area contributed by atoms with Crippen LogP contribution < -0.4 is 10.6 Å². The van der Waals surface area contributed by atoms with Crippen molar-refractivity contribution < 1.29 is 4.79 Å². The fourth-order valence-electron chi connectivity index (χ4n) is 2.81. The van der Waals surface area contributed by atoms with E-state index >= 15 is 0 Å². The minimum atomic E-state index is -0.301.